The van der Waals surface area contributed by atoms with Crippen LogP contribution in [0.5, 0.6) is 0 Å². The summed E-state index contributed by atoms with van der Waals surface area (Å²) in [4.78, 5) is 15.1. The summed E-state index contributed by atoms with van der Waals surface area (Å²) in [5.41, 5.74) is 2.67. The second kappa shape index (κ2) is 4.45. The van der Waals surface area contributed by atoms with E-state index in [4.69, 9.17) is 11.6 Å². The Morgan fingerprint density at radius 3 is 2.88 bits per heavy atom. The fourth-order valence-electron chi connectivity index (χ4n) is 1.54. The van der Waals surface area contributed by atoms with Crippen LogP contribution < -0.4 is 0 Å². The number of nitrogens with zero attached hydrogens (tertiary/aromatic N) is 1. The van der Waals surface area contributed by atoms with Crippen molar-refractivity contribution in [3.05, 3.63) is 48.2 Å². The average Bonchev–Trinajstić information content (AvgIpc) is 2.27. The van der Waals surface area contributed by atoms with E-state index in [9.17, 15) is 4.79 Å². The van der Waals surface area contributed by atoms with Crippen LogP contribution in [-0.4, -0.2) is 10.2 Å². The van der Waals surface area contributed by atoms with Gasteiger partial charge in [0.1, 0.15) is 0 Å². The van der Waals surface area contributed by atoms with E-state index in [1.54, 1.807) is 6.20 Å². The van der Waals surface area contributed by atoms with Crippen molar-refractivity contribution in [1.82, 2.24) is 4.98 Å². The van der Waals surface area contributed by atoms with E-state index in [-0.39, 0.29) is 0 Å². The lowest BCUT2D eigenvalue weighted by atomic mass is 10.1. The molecule has 0 aliphatic carbocycles. The molecular formula is C13H10ClNO. The fraction of sp³-hybridized carbons (Fsp3) is 0.0769. The van der Waals surface area contributed by atoms with Gasteiger partial charge >= 0.3 is 0 Å². The molecular weight excluding hydrogens is 222 g/mol. The molecule has 0 atom stereocenters. The third kappa shape index (κ3) is 2.28. The van der Waals surface area contributed by atoms with Crippen molar-refractivity contribution in [1.29, 1.82) is 0 Å². The van der Waals surface area contributed by atoms with Crippen LogP contribution in [0.15, 0.2) is 42.6 Å². The Labute approximate surface area is 98.6 Å². The molecule has 1 aromatic carbocycles. The summed E-state index contributed by atoms with van der Waals surface area (Å²) in [6.07, 6.45) is 3.14. The van der Waals surface area contributed by atoms with Crippen LogP contribution in [0.4, 0.5) is 0 Å². The molecule has 0 bridgehead atoms. The first kappa shape index (κ1) is 10.8. The number of rotatable bonds is 2. The minimum atomic E-state index is -0.467. The van der Waals surface area contributed by atoms with E-state index in [2.05, 4.69) is 4.98 Å². The third-order valence-corrected chi connectivity index (χ3v) is 2.48. The van der Waals surface area contributed by atoms with Gasteiger partial charge in [-0.25, -0.2) is 0 Å². The van der Waals surface area contributed by atoms with Gasteiger partial charge in [-0.15, -0.1) is 0 Å². The zero-order valence-corrected chi connectivity index (χ0v) is 9.53. The monoisotopic (exact) mass is 231 g/mol. The minimum Gasteiger partial charge on any atom is -0.276 e. The smallest absolute Gasteiger partial charge is 0.245 e. The minimum absolute atomic E-state index is 0.467. The van der Waals surface area contributed by atoms with E-state index in [0.29, 0.717) is 0 Å². The molecule has 16 heavy (non-hydrogen) atoms. The van der Waals surface area contributed by atoms with Gasteiger partial charge in [0.05, 0.1) is 5.52 Å². The zero-order valence-electron chi connectivity index (χ0n) is 8.77. The summed E-state index contributed by atoms with van der Waals surface area (Å²) in [6, 6.07) is 9.83. The van der Waals surface area contributed by atoms with Crippen molar-refractivity contribution in [2.24, 2.45) is 0 Å². The summed E-state index contributed by atoms with van der Waals surface area (Å²) in [7, 11) is 0. The second-order valence-corrected chi connectivity index (χ2v) is 3.92. The molecule has 0 amide bonds. The Kier molecular flexibility index (Phi) is 3.02. The van der Waals surface area contributed by atoms with Crippen LogP contribution >= 0.6 is 11.6 Å². The SMILES string of the molecule is C/C(=C/C(=O)Cl)c1cnc2ccccc2c1. The van der Waals surface area contributed by atoms with Gasteiger partial charge in [-0.1, -0.05) is 18.2 Å². The van der Waals surface area contributed by atoms with Crippen LogP contribution in [0, 0.1) is 0 Å². The Hall–Kier alpha value is -1.67. The lowest BCUT2D eigenvalue weighted by Crippen LogP contribution is -1.87. The third-order valence-electron chi connectivity index (χ3n) is 2.38. The molecule has 2 rings (SSSR count). The van der Waals surface area contributed by atoms with Crippen molar-refractivity contribution in [3.63, 3.8) is 0 Å². The molecule has 1 heterocycles. The van der Waals surface area contributed by atoms with Gasteiger partial charge in [0, 0.05) is 17.7 Å². The summed E-state index contributed by atoms with van der Waals surface area (Å²) in [5, 5.41) is 0.584. The number of hydrogen-bond donors (Lipinski definition) is 0. The highest BCUT2D eigenvalue weighted by Gasteiger charge is 2.00. The highest BCUT2D eigenvalue weighted by Crippen LogP contribution is 2.18. The molecule has 0 saturated heterocycles. The van der Waals surface area contributed by atoms with E-state index in [0.717, 1.165) is 22.0 Å². The highest BCUT2D eigenvalue weighted by atomic mass is 35.5. The second-order valence-electron chi connectivity index (χ2n) is 3.55. The standard InChI is InChI=1S/C13H10ClNO/c1-9(6-13(14)16)11-7-10-4-2-3-5-12(10)15-8-11/h2-8H,1H3/b9-6-. The molecule has 0 saturated carbocycles. The highest BCUT2D eigenvalue weighted by molar-refractivity contribution is 6.67. The van der Waals surface area contributed by atoms with E-state index >= 15 is 0 Å². The van der Waals surface area contributed by atoms with Crippen LogP contribution in [0.2, 0.25) is 0 Å². The molecule has 1 aromatic heterocycles. The van der Waals surface area contributed by atoms with Gasteiger partial charge in [0.15, 0.2) is 0 Å². The molecule has 3 heteroatoms. The molecule has 0 aliphatic rings. The number of carbonyl (C=O) groups excluding carboxylic acids is 1. The van der Waals surface area contributed by atoms with Crippen molar-refractivity contribution in [2.45, 2.75) is 6.92 Å². The maximum Gasteiger partial charge on any atom is 0.245 e. The Morgan fingerprint density at radius 2 is 2.12 bits per heavy atom. The Morgan fingerprint density at radius 1 is 1.38 bits per heavy atom. The number of benzene rings is 1. The molecule has 0 fully saturated rings. The first-order valence-corrected chi connectivity index (χ1v) is 5.27. The lowest BCUT2D eigenvalue weighted by Gasteiger charge is -2.02. The number of pyridine rings is 1. The molecule has 0 spiro atoms. The summed E-state index contributed by atoms with van der Waals surface area (Å²) >= 11 is 5.31. The van der Waals surface area contributed by atoms with Gasteiger partial charge < -0.3 is 0 Å². The largest absolute Gasteiger partial charge is 0.276 e. The molecule has 2 aromatic rings. The molecule has 2 nitrogen and oxygen atoms in total. The zero-order chi connectivity index (χ0) is 11.5. The predicted octanol–water partition coefficient (Wildman–Crippen LogP) is 3.40. The van der Waals surface area contributed by atoms with Gasteiger partial charge in [0.2, 0.25) is 5.24 Å². The maximum atomic E-state index is 10.8. The van der Waals surface area contributed by atoms with Crippen molar-refractivity contribution < 1.29 is 4.79 Å². The van der Waals surface area contributed by atoms with Gasteiger partial charge in [-0.2, -0.15) is 0 Å². The summed E-state index contributed by atoms with van der Waals surface area (Å²) < 4.78 is 0. The normalized spacial score (nSPS) is 11.8. The number of halogens is 1. The van der Waals surface area contributed by atoms with Gasteiger partial charge in [0.25, 0.3) is 0 Å². The van der Waals surface area contributed by atoms with Crippen LogP contribution in [0.3, 0.4) is 0 Å². The van der Waals surface area contributed by atoms with Gasteiger partial charge in [-0.05, 0) is 41.8 Å². The molecule has 0 unspecified atom stereocenters. The number of hydrogen-bond acceptors (Lipinski definition) is 2. The topological polar surface area (TPSA) is 30.0 Å². The average molecular weight is 232 g/mol. The van der Waals surface area contributed by atoms with Gasteiger partial charge in [-0.3, -0.25) is 9.78 Å². The number of para-hydroxylation sites is 1. The van der Waals surface area contributed by atoms with Crippen LogP contribution in [-0.2, 0) is 4.79 Å². The number of allylic oxidation sites excluding steroid dienone is 2. The molecule has 0 radical (unpaired) electrons. The fourth-order valence-corrected chi connectivity index (χ4v) is 1.70. The Bertz CT molecular complexity index is 575. The maximum absolute atomic E-state index is 10.8. The van der Waals surface area contributed by atoms with Crippen LogP contribution in [0.25, 0.3) is 16.5 Å². The van der Waals surface area contributed by atoms with E-state index < -0.39 is 5.24 Å². The summed E-state index contributed by atoms with van der Waals surface area (Å²) in [6.45, 7) is 1.84. The first-order chi connectivity index (χ1) is 7.66. The first-order valence-electron chi connectivity index (χ1n) is 4.90. The predicted molar refractivity (Wildman–Crippen MR) is 66.3 cm³/mol. The van der Waals surface area contributed by atoms with E-state index in [1.807, 2.05) is 37.3 Å². The van der Waals surface area contributed by atoms with Crippen molar-refractivity contribution >= 4 is 33.3 Å². The number of fused-ring (bicyclic) bond motifs is 1. The molecule has 0 N–H and O–H groups in total. The van der Waals surface area contributed by atoms with Crippen molar-refractivity contribution in [2.75, 3.05) is 0 Å². The van der Waals surface area contributed by atoms with Crippen molar-refractivity contribution in [3.8, 4) is 0 Å². The summed E-state index contributed by atoms with van der Waals surface area (Å²) in [5.74, 6) is 0. The number of aromatic nitrogens is 1. The van der Waals surface area contributed by atoms with Crippen LogP contribution in [0.1, 0.15) is 12.5 Å². The molecule has 80 valence electrons. The quantitative estimate of drug-likeness (QED) is 0.586. The van der Waals surface area contributed by atoms with E-state index in [1.165, 1.54) is 6.08 Å². The lowest BCUT2D eigenvalue weighted by molar-refractivity contribution is -0.107. The Balaban J connectivity index is 2.51. The molecule has 0 aliphatic heterocycles. The number of carbonyl (C=O) groups is 1.